The minimum atomic E-state index is -0.890. The fraction of sp³-hybridized carbons (Fsp3) is 0.625. The fourth-order valence-electron chi connectivity index (χ4n) is 2.61. The number of aliphatic hydroxyl groups excluding tert-OH is 1. The number of benzene rings is 1. The second-order valence-electron chi connectivity index (χ2n) is 5.30. The van der Waals surface area contributed by atoms with Crippen molar-refractivity contribution in [2.75, 3.05) is 19.7 Å². The van der Waals surface area contributed by atoms with Gasteiger partial charge in [0.15, 0.2) is 0 Å². The lowest BCUT2D eigenvalue weighted by atomic mass is 9.94. The summed E-state index contributed by atoms with van der Waals surface area (Å²) in [6.07, 6.45) is 2.06. The molecular formula is C16H27NO2. The Labute approximate surface area is 116 Å². The number of aliphatic hydroxyl groups is 2. The minimum Gasteiger partial charge on any atom is -0.395 e. The van der Waals surface area contributed by atoms with Gasteiger partial charge in [-0.05, 0) is 25.3 Å². The monoisotopic (exact) mass is 265 g/mol. The maximum absolute atomic E-state index is 10.7. The zero-order chi connectivity index (χ0) is 14.3. The van der Waals surface area contributed by atoms with E-state index in [0.29, 0.717) is 19.1 Å². The van der Waals surface area contributed by atoms with Crippen LogP contribution in [-0.2, 0) is 5.60 Å². The summed E-state index contributed by atoms with van der Waals surface area (Å²) in [4.78, 5) is 2.19. The van der Waals surface area contributed by atoms with Crippen molar-refractivity contribution in [2.24, 2.45) is 0 Å². The molecule has 1 rings (SSSR count). The average Bonchev–Trinajstić information content (AvgIpc) is 2.41. The van der Waals surface area contributed by atoms with Gasteiger partial charge in [0.05, 0.1) is 12.2 Å². The predicted octanol–water partition coefficient (Wildman–Crippen LogP) is 2.38. The number of nitrogens with zero attached hydrogens (tertiary/aromatic N) is 1. The minimum absolute atomic E-state index is 0.126. The quantitative estimate of drug-likeness (QED) is 0.758. The predicted molar refractivity (Wildman–Crippen MR) is 79.0 cm³/mol. The molecule has 0 radical (unpaired) electrons. The van der Waals surface area contributed by atoms with E-state index >= 15 is 0 Å². The van der Waals surface area contributed by atoms with E-state index in [1.165, 1.54) is 0 Å². The molecular weight excluding hydrogens is 238 g/mol. The van der Waals surface area contributed by atoms with Gasteiger partial charge >= 0.3 is 0 Å². The molecule has 0 heterocycles. The van der Waals surface area contributed by atoms with Crippen molar-refractivity contribution in [1.82, 2.24) is 4.90 Å². The lowest BCUT2D eigenvalue weighted by molar-refractivity contribution is -0.00452. The lowest BCUT2D eigenvalue weighted by Gasteiger charge is -2.36. The Bertz CT molecular complexity index is 347. The van der Waals surface area contributed by atoms with Crippen LogP contribution in [0.4, 0.5) is 0 Å². The molecule has 0 spiro atoms. The van der Waals surface area contributed by atoms with E-state index in [9.17, 15) is 10.2 Å². The molecule has 1 atom stereocenters. The van der Waals surface area contributed by atoms with Gasteiger partial charge in [0.2, 0.25) is 0 Å². The van der Waals surface area contributed by atoms with Crippen molar-refractivity contribution in [2.45, 2.75) is 45.3 Å². The van der Waals surface area contributed by atoms with Crippen LogP contribution in [0.15, 0.2) is 30.3 Å². The first kappa shape index (κ1) is 16.2. The maximum atomic E-state index is 10.7. The Balaban J connectivity index is 2.82. The zero-order valence-corrected chi connectivity index (χ0v) is 12.3. The second kappa shape index (κ2) is 7.63. The summed E-state index contributed by atoms with van der Waals surface area (Å²) in [5.74, 6) is 0. The fourth-order valence-corrected chi connectivity index (χ4v) is 2.61. The summed E-state index contributed by atoms with van der Waals surface area (Å²) in [6.45, 7) is 7.42. The van der Waals surface area contributed by atoms with Crippen LogP contribution >= 0.6 is 0 Å². The molecule has 2 N–H and O–H groups in total. The molecule has 0 aliphatic rings. The van der Waals surface area contributed by atoms with E-state index in [4.69, 9.17) is 0 Å². The highest BCUT2D eigenvalue weighted by molar-refractivity contribution is 5.21. The first-order valence-electron chi connectivity index (χ1n) is 7.18. The molecule has 0 aliphatic heterocycles. The molecule has 1 unspecified atom stereocenters. The Morgan fingerprint density at radius 1 is 1.16 bits per heavy atom. The van der Waals surface area contributed by atoms with Crippen molar-refractivity contribution in [3.05, 3.63) is 35.9 Å². The van der Waals surface area contributed by atoms with Gasteiger partial charge < -0.3 is 10.2 Å². The Morgan fingerprint density at radius 3 is 2.21 bits per heavy atom. The molecule has 0 amide bonds. The third-order valence-electron chi connectivity index (χ3n) is 3.75. The molecule has 0 aromatic heterocycles. The standard InChI is InChI=1S/C16H27NO2/c1-4-15(5-2)17(11-12-18)13-16(3,19)14-9-7-6-8-10-14/h6-10,15,18-19H,4-5,11-13H2,1-3H3. The molecule has 3 nitrogen and oxygen atoms in total. The van der Waals surface area contributed by atoms with Crippen LogP contribution in [0, 0.1) is 0 Å². The van der Waals surface area contributed by atoms with Crippen LogP contribution in [0.25, 0.3) is 0 Å². The number of rotatable bonds is 8. The summed E-state index contributed by atoms with van der Waals surface area (Å²) in [5, 5.41) is 19.9. The molecule has 0 bridgehead atoms. The van der Waals surface area contributed by atoms with Crippen LogP contribution in [0.3, 0.4) is 0 Å². The van der Waals surface area contributed by atoms with E-state index in [1.54, 1.807) is 0 Å². The molecule has 0 fully saturated rings. The third kappa shape index (κ3) is 4.60. The number of hydrogen-bond acceptors (Lipinski definition) is 3. The van der Waals surface area contributed by atoms with Crippen molar-refractivity contribution < 1.29 is 10.2 Å². The molecule has 0 aliphatic carbocycles. The third-order valence-corrected chi connectivity index (χ3v) is 3.75. The molecule has 3 heteroatoms. The van der Waals surface area contributed by atoms with E-state index < -0.39 is 5.60 Å². The van der Waals surface area contributed by atoms with E-state index in [0.717, 1.165) is 18.4 Å². The number of hydrogen-bond donors (Lipinski definition) is 2. The Morgan fingerprint density at radius 2 is 1.74 bits per heavy atom. The van der Waals surface area contributed by atoms with Crippen LogP contribution in [0.1, 0.15) is 39.2 Å². The largest absolute Gasteiger partial charge is 0.395 e. The lowest BCUT2D eigenvalue weighted by Crippen LogP contribution is -2.45. The smallest absolute Gasteiger partial charge is 0.0994 e. The Hall–Kier alpha value is -0.900. The van der Waals surface area contributed by atoms with Crippen molar-refractivity contribution in [3.63, 3.8) is 0 Å². The molecule has 19 heavy (non-hydrogen) atoms. The van der Waals surface area contributed by atoms with Gasteiger partial charge in [-0.2, -0.15) is 0 Å². The van der Waals surface area contributed by atoms with Gasteiger partial charge in [0, 0.05) is 19.1 Å². The summed E-state index contributed by atoms with van der Waals surface area (Å²) in [7, 11) is 0. The van der Waals surface area contributed by atoms with Crippen molar-refractivity contribution in [1.29, 1.82) is 0 Å². The van der Waals surface area contributed by atoms with E-state index in [1.807, 2.05) is 37.3 Å². The van der Waals surface area contributed by atoms with Gasteiger partial charge in [-0.25, -0.2) is 0 Å². The van der Waals surface area contributed by atoms with Gasteiger partial charge in [0.25, 0.3) is 0 Å². The van der Waals surface area contributed by atoms with Gasteiger partial charge in [-0.15, -0.1) is 0 Å². The van der Waals surface area contributed by atoms with E-state index in [-0.39, 0.29) is 6.61 Å². The van der Waals surface area contributed by atoms with Crippen LogP contribution in [0.2, 0.25) is 0 Å². The van der Waals surface area contributed by atoms with Gasteiger partial charge in [-0.3, -0.25) is 4.90 Å². The molecule has 0 saturated carbocycles. The second-order valence-corrected chi connectivity index (χ2v) is 5.30. The van der Waals surface area contributed by atoms with Crippen molar-refractivity contribution in [3.8, 4) is 0 Å². The van der Waals surface area contributed by atoms with Gasteiger partial charge in [-0.1, -0.05) is 44.2 Å². The van der Waals surface area contributed by atoms with Crippen LogP contribution in [0.5, 0.6) is 0 Å². The van der Waals surface area contributed by atoms with Crippen molar-refractivity contribution >= 4 is 0 Å². The summed E-state index contributed by atoms with van der Waals surface area (Å²) in [6, 6.07) is 10.1. The normalized spacial score (nSPS) is 14.9. The first-order chi connectivity index (χ1) is 9.05. The first-order valence-corrected chi connectivity index (χ1v) is 7.18. The molecule has 1 aromatic rings. The maximum Gasteiger partial charge on any atom is 0.0994 e. The highest BCUT2D eigenvalue weighted by Crippen LogP contribution is 2.23. The summed E-state index contributed by atoms with van der Waals surface area (Å²) in [5.41, 5.74) is 0.0304. The SMILES string of the molecule is CCC(CC)N(CCO)CC(C)(O)c1ccccc1. The summed E-state index contributed by atoms with van der Waals surface area (Å²) >= 11 is 0. The van der Waals surface area contributed by atoms with Crippen LogP contribution in [-0.4, -0.2) is 40.9 Å². The van der Waals surface area contributed by atoms with Gasteiger partial charge in [0.1, 0.15) is 0 Å². The van der Waals surface area contributed by atoms with E-state index in [2.05, 4.69) is 18.7 Å². The van der Waals surface area contributed by atoms with Crippen LogP contribution < -0.4 is 0 Å². The Kier molecular flexibility index (Phi) is 6.49. The average molecular weight is 265 g/mol. The zero-order valence-electron chi connectivity index (χ0n) is 12.3. The highest BCUT2D eigenvalue weighted by Gasteiger charge is 2.28. The summed E-state index contributed by atoms with van der Waals surface area (Å²) < 4.78 is 0. The topological polar surface area (TPSA) is 43.7 Å². The molecule has 0 saturated heterocycles. The molecule has 1 aromatic carbocycles. The molecule has 108 valence electrons. The highest BCUT2D eigenvalue weighted by atomic mass is 16.3.